The van der Waals surface area contributed by atoms with Crippen LogP contribution >= 0.6 is 12.4 Å². The predicted octanol–water partition coefficient (Wildman–Crippen LogP) is 6.46. The molecule has 0 unspecified atom stereocenters. The van der Waals surface area contributed by atoms with Crippen LogP contribution in [0.3, 0.4) is 0 Å². The molecule has 0 spiro atoms. The summed E-state index contributed by atoms with van der Waals surface area (Å²) in [5, 5.41) is 18.7. The molecule has 5 rings (SSSR count). The molecule has 1 aromatic heterocycles. The first-order chi connectivity index (χ1) is 18.0. The van der Waals surface area contributed by atoms with Crippen LogP contribution in [0.1, 0.15) is 34.5 Å². The van der Waals surface area contributed by atoms with Gasteiger partial charge in [0.2, 0.25) is 0 Å². The zero-order valence-corrected chi connectivity index (χ0v) is 21.8. The average molecular weight is 535 g/mol. The summed E-state index contributed by atoms with van der Waals surface area (Å²) in [4.78, 5) is 28.7. The van der Waals surface area contributed by atoms with Gasteiger partial charge in [-0.1, -0.05) is 12.1 Å². The summed E-state index contributed by atoms with van der Waals surface area (Å²) in [6.45, 7) is 0. The van der Waals surface area contributed by atoms with Crippen LogP contribution in [-0.4, -0.2) is 30.0 Å². The molecule has 0 radical (unpaired) electrons. The fraction of sp³-hybridized carbons (Fsp3) is 0.214. The quantitative estimate of drug-likeness (QED) is 0.206. The summed E-state index contributed by atoms with van der Waals surface area (Å²) in [6, 6.07) is 17.4. The first kappa shape index (κ1) is 26.7. The number of anilines is 3. The van der Waals surface area contributed by atoms with Crippen LogP contribution in [0.4, 0.5) is 22.7 Å². The monoisotopic (exact) mass is 534 g/mol. The Kier molecular flexibility index (Phi) is 7.97. The molecule has 0 fully saturated rings. The highest BCUT2D eigenvalue weighted by Gasteiger charge is 2.21. The van der Waals surface area contributed by atoms with E-state index in [2.05, 4.69) is 10.6 Å². The number of carbonyl (C=O) groups excluding carboxylic acids is 1. The van der Waals surface area contributed by atoms with Crippen LogP contribution in [0.15, 0.2) is 60.7 Å². The Hall–Kier alpha value is -4.37. The minimum atomic E-state index is -0.573. The maximum atomic E-state index is 13.0. The van der Waals surface area contributed by atoms with Gasteiger partial charge in [-0.25, -0.2) is 0 Å². The van der Waals surface area contributed by atoms with Crippen molar-refractivity contribution in [2.45, 2.75) is 25.7 Å². The van der Waals surface area contributed by atoms with Crippen LogP contribution in [0, 0.1) is 10.1 Å². The lowest BCUT2D eigenvalue weighted by Gasteiger charge is -2.23. The number of aromatic nitrogens is 1. The fourth-order valence-electron chi connectivity index (χ4n) is 4.70. The molecular weight excluding hydrogens is 508 g/mol. The Morgan fingerprint density at radius 1 is 0.974 bits per heavy atom. The number of hydrogen-bond acceptors (Lipinski definition) is 7. The molecule has 0 saturated carbocycles. The molecular formula is C28H27ClN4O5. The lowest BCUT2D eigenvalue weighted by molar-refractivity contribution is -0.385. The number of pyridine rings is 1. The molecule has 196 valence electrons. The molecule has 3 aromatic carbocycles. The lowest BCUT2D eigenvalue weighted by atomic mass is 9.92. The summed E-state index contributed by atoms with van der Waals surface area (Å²) in [5.41, 5.74) is 5.28. The van der Waals surface area contributed by atoms with Crippen molar-refractivity contribution in [1.82, 2.24) is 4.98 Å². The maximum absolute atomic E-state index is 13.0. The van der Waals surface area contributed by atoms with Gasteiger partial charge >= 0.3 is 5.69 Å². The summed E-state index contributed by atoms with van der Waals surface area (Å²) in [6.07, 6.45) is 4.00. The van der Waals surface area contributed by atoms with Gasteiger partial charge in [-0.3, -0.25) is 19.9 Å². The molecule has 38 heavy (non-hydrogen) atoms. The number of carbonyl (C=O) groups is 1. The van der Waals surface area contributed by atoms with Crippen molar-refractivity contribution in [2.75, 3.05) is 24.9 Å². The van der Waals surface area contributed by atoms with Crippen molar-refractivity contribution in [3.8, 4) is 11.5 Å². The van der Waals surface area contributed by atoms with Crippen molar-refractivity contribution >= 4 is 52.0 Å². The first-order valence-electron chi connectivity index (χ1n) is 12.0. The number of nitro groups is 1. The highest BCUT2D eigenvalue weighted by Crippen LogP contribution is 2.38. The van der Waals surface area contributed by atoms with E-state index in [1.54, 1.807) is 13.2 Å². The second kappa shape index (κ2) is 11.4. The Bertz CT molecular complexity index is 1530. The van der Waals surface area contributed by atoms with Gasteiger partial charge in [-0.2, -0.15) is 0 Å². The standard InChI is InChI=1S/C28H26N4O5.ClH/c1-36-25-10-6-5-9-23(25)31-27-19-7-3-4-8-21(19)30-22-13-12-18(16-20(22)27)29-28(33)17-11-14-26(37-2)24(15-17)32(34)35;/h5-6,9-16H,3-4,7-8H2,1-2H3,(H,29,33)(H,30,31);1H. The van der Waals surface area contributed by atoms with Gasteiger partial charge in [0.15, 0.2) is 5.75 Å². The normalized spacial score (nSPS) is 12.2. The molecule has 0 saturated heterocycles. The van der Waals surface area contributed by atoms with E-state index in [0.717, 1.165) is 59.4 Å². The summed E-state index contributed by atoms with van der Waals surface area (Å²) >= 11 is 0. The highest BCUT2D eigenvalue weighted by atomic mass is 35.5. The van der Waals surface area contributed by atoms with Gasteiger partial charge in [0.05, 0.1) is 36.0 Å². The number of methoxy groups -OCH3 is 2. The Labute approximate surface area is 225 Å². The zero-order valence-electron chi connectivity index (χ0n) is 20.9. The lowest BCUT2D eigenvalue weighted by Crippen LogP contribution is -2.13. The molecule has 9 nitrogen and oxygen atoms in total. The number of fused-ring (bicyclic) bond motifs is 2. The van der Waals surface area contributed by atoms with Crippen LogP contribution in [0.2, 0.25) is 0 Å². The van der Waals surface area contributed by atoms with Crippen LogP contribution < -0.4 is 20.1 Å². The summed E-state index contributed by atoms with van der Waals surface area (Å²) in [5.74, 6) is 0.355. The number of nitro benzene ring substituents is 1. The highest BCUT2D eigenvalue weighted by molar-refractivity contribution is 6.06. The van der Waals surface area contributed by atoms with Gasteiger partial charge in [0.1, 0.15) is 5.75 Å². The van der Waals surface area contributed by atoms with Crippen molar-refractivity contribution < 1.29 is 19.2 Å². The van der Waals surface area contributed by atoms with Crippen molar-refractivity contribution in [3.05, 3.63) is 87.6 Å². The van der Waals surface area contributed by atoms with E-state index in [0.29, 0.717) is 5.69 Å². The Balaban J connectivity index is 0.00000336. The molecule has 4 aromatic rings. The summed E-state index contributed by atoms with van der Waals surface area (Å²) in [7, 11) is 2.98. The van der Waals surface area contributed by atoms with E-state index in [1.807, 2.05) is 36.4 Å². The number of amides is 1. The minimum absolute atomic E-state index is 0. The summed E-state index contributed by atoms with van der Waals surface area (Å²) < 4.78 is 10.6. The van der Waals surface area contributed by atoms with E-state index in [1.165, 1.54) is 30.9 Å². The van der Waals surface area contributed by atoms with Crippen molar-refractivity contribution in [2.24, 2.45) is 0 Å². The number of benzene rings is 3. The third kappa shape index (κ3) is 5.19. The number of nitrogens with one attached hydrogen (secondary N) is 2. The van der Waals surface area contributed by atoms with Crippen LogP contribution in [-0.2, 0) is 12.8 Å². The molecule has 1 aliphatic rings. The first-order valence-corrected chi connectivity index (χ1v) is 12.0. The predicted molar refractivity (Wildman–Crippen MR) is 150 cm³/mol. The third-order valence-electron chi connectivity index (χ3n) is 6.52. The topological polar surface area (TPSA) is 116 Å². The fourth-order valence-corrected chi connectivity index (χ4v) is 4.70. The van der Waals surface area contributed by atoms with Gasteiger partial charge in [0.25, 0.3) is 5.91 Å². The number of para-hydroxylation sites is 2. The van der Waals surface area contributed by atoms with E-state index in [4.69, 9.17) is 14.5 Å². The van der Waals surface area contributed by atoms with Gasteiger partial charge < -0.3 is 20.1 Å². The molecule has 1 aliphatic carbocycles. The molecule has 0 atom stereocenters. The molecule has 1 heterocycles. The SMILES string of the molecule is COc1ccccc1Nc1c2c(nc3ccc(NC(=O)c4ccc(OC)c([N+](=O)[O-])c4)cc13)CCCC2.Cl. The molecule has 1 amide bonds. The van der Waals surface area contributed by atoms with Gasteiger partial charge in [-0.15, -0.1) is 12.4 Å². The van der Waals surface area contributed by atoms with Crippen LogP contribution in [0.5, 0.6) is 11.5 Å². The number of hydrogen-bond donors (Lipinski definition) is 2. The largest absolute Gasteiger partial charge is 0.495 e. The van der Waals surface area contributed by atoms with Crippen LogP contribution in [0.25, 0.3) is 10.9 Å². The number of halogens is 1. The molecule has 2 N–H and O–H groups in total. The number of rotatable bonds is 7. The molecule has 0 bridgehead atoms. The Morgan fingerprint density at radius 2 is 1.74 bits per heavy atom. The second-order valence-electron chi connectivity index (χ2n) is 8.77. The molecule has 0 aliphatic heterocycles. The average Bonchev–Trinajstić information content (AvgIpc) is 2.93. The van der Waals surface area contributed by atoms with Crippen molar-refractivity contribution in [1.29, 1.82) is 0 Å². The van der Waals surface area contributed by atoms with Gasteiger partial charge in [0, 0.05) is 28.4 Å². The van der Waals surface area contributed by atoms with Gasteiger partial charge in [-0.05, 0) is 73.7 Å². The number of nitrogens with zero attached hydrogens (tertiary/aromatic N) is 2. The smallest absolute Gasteiger partial charge is 0.311 e. The number of ether oxygens (including phenoxy) is 2. The van der Waals surface area contributed by atoms with E-state index in [-0.39, 0.29) is 29.4 Å². The molecule has 10 heteroatoms. The Morgan fingerprint density at radius 3 is 2.50 bits per heavy atom. The number of aryl methyl sites for hydroxylation is 1. The van der Waals surface area contributed by atoms with E-state index in [9.17, 15) is 14.9 Å². The minimum Gasteiger partial charge on any atom is -0.495 e. The van der Waals surface area contributed by atoms with Crippen molar-refractivity contribution in [3.63, 3.8) is 0 Å². The van der Waals surface area contributed by atoms with E-state index < -0.39 is 10.8 Å². The third-order valence-corrected chi connectivity index (χ3v) is 6.52. The van der Waals surface area contributed by atoms with E-state index >= 15 is 0 Å². The second-order valence-corrected chi connectivity index (χ2v) is 8.77. The zero-order chi connectivity index (χ0) is 25.9. The maximum Gasteiger partial charge on any atom is 0.311 e.